The van der Waals surface area contributed by atoms with Crippen LogP contribution in [0.25, 0.3) is 0 Å². The fourth-order valence-corrected chi connectivity index (χ4v) is 2.09. The lowest BCUT2D eigenvalue weighted by Gasteiger charge is -2.27. The van der Waals surface area contributed by atoms with Crippen molar-refractivity contribution in [1.29, 1.82) is 0 Å². The molecule has 0 unspecified atom stereocenters. The van der Waals surface area contributed by atoms with E-state index in [0.29, 0.717) is 19.3 Å². The van der Waals surface area contributed by atoms with Gasteiger partial charge < -0.3 is 9.84 Å². The third-order valence-corrected chi connectivity index (χ3v) is 3.53. The Labute approximate surface area is 102 Å². The Morgan fingerprint density at radius 3 is 2.35 bits per heavy atom. The van der Waals surface area contributed by atoms with Crippen LogP contribution in [-0.4, -0.2) is 18.2 Å². The van der Waals surface area contributed by atoms with Crippen LogP contribution in [-0.2, 0) is 11.2 Å². The molecule has 17 heavy (non-hydrogen) atoms. The zero-order valence-corrected chi connectivity index (χ0v) is 10.7. The SMILES string of the molecule is CCC(CC)(Cc1ccccc1OC)C(=O)O. The first-order valence-electron chi connectivity index (χ1n) is 5.95. The molecular weight excluding hydrogens is 216 g/mol. The highest BCUT2D eigenvalue weighted by molar-refractivity contribution is 5.75. The van der Waals surface area contributed by atoms with Gasteiger partial charge in [-0.3, -0.25) is 4.79 Å². The summed E-state index contributed by atoms with van der Waals surface area (Å²) in [5.74, 6) is 0.0356. The van der Waals surface area contributed by atoms with Gasteiger partial charge in [-0.25, -0.2) is 0 Å². The molecule has 0 fully saturated rings. The summed E-state index contributed by atoms with van der Waals surface area (Å²) in [5.41, 5.74) is 0.273. The number of rotatable bonds is 6. The van der Waals surface area contributed by atoms with Gasteiger partial charge in [-0.1, -0.05) is 32.0 Å². The van der Waals surface area contributed by atoms with Crippen molar-refractivity contribution in [3.05, 3.63) is 29.8 Å². The van der Waals surface area contributed by atoms with E-state index in [0.717, 1.165) is 11.3 Å². The molecule has 1 N–H and O–H groups in total. The minimum Gasteiger partial charge on any atom is -0.496 e. The van der Waals surface area contributed by atoms with E-state index >= 15 is 0 Å². The van der Waals surface area contributed by atoms with E-state index in [4.69, 9.17) is 4.74 Å². The predicted molar refractivity (Wildman–Crippen MR) is 67.3 cm³/mol. The molecule has 0 radical (unpaired) electrons. The van der Waals surface area contributed by atoms with E-state index in [1.807, 2.05) is 38.1 Å². The first-order valence-corrected chi connectivity index (χ1v) is 5.95. The lowest BCUT2D eigenvalue weighted by atomic mass is 9.77. The summed E-state index contributed by atoms with van der Waals surface area (Å²) in [6.07, 6.45) is 1.76. The smallest absolute Gasteiger partial charge is 0.309 e. The highest BCUT2D eigenvalue weighted by Crippen LogP contribution is 2.34. The molecular formula is C14H20O3. The summed E-state index contributed by atoms with van der Waals surface area (Å²) >= 11 is 0. The van der Waals surface area contributed by atoms with E-state index < -0.39 is 11.4 Å². The fraction of sp³-hybridized carbons (Fsp3) is 0.500. The van der Waals surface area contributed by atoms with Gasteiger partial charge in [0.2, 0.25) is 0 Å². The second-order valence-corrected chi connectivity index (χ2v) is 4.28. The topological polar surface area (TPSA) is 46.5 Å². The van der Waals surface area contributed by atoms with Gasteiger partial charge >= 0.3 is 5.97 Å². The molecule has 0 heterocycles. The number of para-hydroxylation sites is 1. The molecule has 0 bridgehead atoms. The van der Waals surface area contributed by atoms with E-state index in [9.17, 15) is 9.90 Å². The van der Waals surface area contributed by atoms with Crippen molar-refractivity contribution in [2.45, 2.75) is 33.1 Å². The van der Waals surface area contributed by atoms with Gasteiger partial charge in [0.05, 0.1) is 12.5 Å². The summed E-state index contributed by atoms with van der Waals surface area (Å²) in [6, 6.07) is 7.60. The van der Waals surface area contributed by atoms with Crippen LogP contribution >= 0.6 is 0 Å². The predicted octanol–water partition coefficient (Wildman–Crippen LogP) is 3.13. The first kappa shape index (κ1) is 13.6. The van der Waals surface area contributed by atoms with Crippen molar-refractivity contribution in [2.75, 3.05) is 7.11 Å². The molecule has 0 aliphatic rings. The van der Waals surface area contributed by atoms with Crippen LogP contribution in [0.2, 0.25) is 0 Å². The van der Waals surface area contributed by atoms with Crippen LogP contribution in [0.5, 0.6) is 5.75 Å². The second kappa shape index (κ2) is 5.71. The number of aliphatic carboxylic acids is 1. The van der Waals surface area contributed by atoms with Crippen molar-refractivity contribution in [1.82, 2.24) is 0 Å². The lowest BCUT2D eigenvalue weighted by Crippen LogP contribution is -2.32. The van der Waals surface area contributed by atoms with Crippen molar-refractivity contribution in [3.8, 4) is 5.75 Å². The maximum Gasteiger partial charge on any atom is 0.309 e. The minimum absolute atomic E-state index is 0.513. The number of hydrogen-bond donors (Lipinski definition) is 1. The Hall–Kier alpha value is -1.51. The quantitative estimate of drug-likeness (QED) is 0.825. The maximum atomic E-state index is 11.4. The molecule has 0 saturated carbocycles. The van der Waals surface area contributed by atoms with Crippen LogP contribution < -0.4 is 4.74 Å². The molecule has 94 valence electrons. The standard InChI is InChI=1S/C14H20O3/c1-4-14(5-2,13(15)16)10-11-8-6-7-9-12(11)17-3/h6-9H,4-5,10H2,1-3H3,(H,15,16). The molecule has 0 aliphatic carbocycles. The van der Waals surface area contributed by atoms with Gasteiger partial charge in [-0.2, -0.15) is 0 Å². The van der Waals surface area contributed by atoms with E-state index in [2.05, 4.69) is 0 Å². The summed E-state index contributed by atoms with van der Waals surface area (Å²) in [4.78, 5) is 11.4. The molecule has 0 amide bonds. The molecule has 3 nitrogen and oxygen atoms in total. The average Bonchev–Trinajstić information content (AvgIpc) is 2.36. The number of carbonyl (C=O) groups is 1. The molecule has 0 saturated heterocycles. The Morgan fingerprint density at radius 1 is 1.29 bits per heavy atom. The molecule has 1 aromatic rings. The number of benzene rings is 1. The number of carboxylic acids is 1. The molecule has 1 rings (SSSR count). The normalized spacial score (nSPS) is 11.2. The van der Waals surface area contributed by atoms with Gasteiger partial charge in [-0.05, 0) is 30.9 Å². The molecule has 0 aromatic heterocycles. The monoisotopic (exact) mass is 236 g/mol. The molecule has 3 heteroatoms. The lowest BCUT2D eigenvalue weighted by molar-refractivity contribution is -0.149. The van der Waals surface area contributed by atoms with Crippen molar-refractivity contribution in [2.24, 2.45) is 5.41 Å². The van der Waals surface area contributed by atoms with E-state index in [1.165, 1.54) is 0 Å². The minimum atomic E-state index is -0.728. The molecule has 1 aromatic carbocycles. The summed E-state index contributed by atoms with van der Waals surface area (Å²) in [6.45, 7) is 3.85. The highest BCUT2D eigenvalue weighted by Gasteiger charge is 2.35. The molecule has 0 spiro atoms. The van der Waals surface area contributed by atoms with Crippen LogP contribution in [0.1, 0.15) is 32.3 Å². The summed E-state index contributed by atoms with van der Waals surface area (Å²) in [7, 11) is 1.61. The van der Waals surface area contributed by atoms with Crippen molar-refractivity contribution in [3.63, 3.8) is 0 Å². The third-order valence-electron chi connectivity index (χ3n) is 3.53. The summed E-state index contributed by atoms with van der Waals surface area (Å²) < 4.78 is 5.27. The van der Waals surface area contributed by atoms with Crippen LogP contribution in [0.4, 0.5) is 0 Å². The van der Waals surface area contributed by atoms with Crippen LogP contribution in [0.3, 0.4) is 0 Å². The molecule has 0 aliphatic heterocycles. The Morgan fingerprint density at radius 2 is 1.88 bits per heavy atom. The Bertz CT molecular complexity index is 381. The number of ether oxygens (including phenoxy) is 1. The third kappa shape index (κ3) is 2.78. The number of methoxy groups -OCH3 is 1. The second-order valence-electron chi connectivity index (χ2n) is 4.28. The number of carboxylic acid groups (broad SMARTS) is 1. The van der Waals surface area contributed by atoms with E-state index in [-0.39, 0.29) is 0 Å². The van der Waals surface area contributed by atoms with Crippen molar-refractivity contribution < 1.29 is 14.6 Å². The highest BCUT2D eigenvalue weighted by atomic mass is 16.5. The van der Waals surface area contributed by atoms with Gasteiger partial charge in [0.25, 0.3) is 0 Å². The Balaban J connectivity index is 3.05. The van der Waals surface area contributed by atoms with Gasteiger partial charge in [0.15, 0.2) is 0 Å². The molecule has 0 atom stereocenters. The zero-order valence-electron chi connectivity index (χ0n) is 10.7. The summed E-state index contributed by atoms with van der Waals surface area (Å²) in [5, 5.41) is 9.41. The van der Waals surface area contributed by atoms with Crippen molar-refractivity contribution >= 4 is 5.97 Å². The van der Waals surface area contributed by atoms with E-state index in [1.54, 1.807) is 7.11 Å². The Kier molecular flexibility index (Phi) is 4.55. The van der Waals surface area contributed by atoms with Crippen LogP contribution in [0, 0.1) is 5.41 Å². The average molecular weight is 236 g/mol. The van der Waals surface area contributed by atoms with Gasteiger partial charge in [-0.15, -0.1) is 0 Å². The van der Waals surface area contributed by atoms with Gasteiger partial charge in [0, 0.05) is 0 Å². The van der Waals surface area contributed by atoms with Gasteiger partial charge in [0.1, 0.15) is 5.75 Å². The maximum absolute atomic E-state index is 11.4. The fourth-order valence-electron chi connectivity index (χ4n) is 2.09. The van der Waals surface area contributed by atoms with Crippen LogP contribution in [0.15, 0.2) is 24.3 Å². The largest absolute Gasteiger partial charge is 0.496 e. The zero-order chi connectivity index (χ0) is 12.9. The first-order chi connectivity index (χ1) is 8.09. The number of hydrogen-bond acceptors (Lipinski definition) is 2.